The number of rotatable bonds is 5. The van der Waals surface area contributed by atoms with Gasteiger partial charge in [-0.3, -0.25) is 9.80 Å². The van der Waals surface area contributed by atoms with Crippen molar-refractivity contribution in [2.45, 2.75) is 31.5 Å². The van der Waals surface area contributed by atoms with Crippen LogP contribution in [0.3, 0.4) is 0 Å². The summed E-state index contributed by atoms with van der Waals surface area (Å²) in [7, 11) is 0. The van der Waals surface area contributed by atoms with Crippen molar-refractivity contribution in [3.63, 3.8) is 0 Å². The van der Waals surface area contributed by atoms with Crippen LogP contribution >= 0.6 is 0 Å². The predicted octanol–water partition coefficient (Wildman–Crippen LogP) is 1.26. The fraction of sp³-hybridized carbons (Fsp3) is 0.765. The van der Waals surface area contributed by atoms with Gasteiger partial charge in [-0.05, 0) is 38.1 Å². The van der Waals surface area contributed by atoms with Gasteiger partial charge >= 0.3 is 0 Å². The van der Waals surface area contributed by atoms with E-state index >= 15 is 0 Å². The van der Waals surface area contributed by atoms with Crippen molar-refractivity contribution in [2.75, 3.05) is 52.4 Å². The summed E-state index contributed by atoms with van der Waals surface area (Å²) >= 11 is 0. The van der Waals surface area contributed by atoms with E-state index in [9.17, 15) is 0 Å². The van der Waals surface area contributed by atoms with Crippen LogP contribution in [-0.4, -0.2) is 79.3 Å². The standard InChI is InChI=1S/C17H27N3O2/c1-2-6-18(5-1)7-8-20-9-11-22-17-14-19(13-16(17)20)12-15-4-3-10-21-15/h3-4,10,16-17H,1-2,5-9,11-14H2/t16-,17+/m1/s1. The average Bonchev–Trinajstić information content (AvgIpc) is 3.26. The highest BCUT2D eigenvalue weighted by Gasteiger charge is 2.40. The van der Waals surface area contributed by atoms with Crippen molar-refractivity contribution in [1.82, 2.24) is 14.7 Å². The van der Waals surface area contributed by atoms with Crippen molar-refractivity contribution in [2.24, 2.45) is 0 Å². The van der Waals surface area contributed by atoms with E-state index in [2.05, 4.69) is 20.8 Å². The van der Waals surface area contributed by atoms with Gasteiger partial charge in [0, 0.05) is 38.8 Å². The molecular weight excluding hydrogens is 278 g/mol. The smallest absolute Gasteiger partial charge is 0.117 e. The van der Waals surface area contributed by atoms with Crippen LogP contribution in [0.5, 0.6) is 0 Å². The Bertz CT molecular complexity index is 458. The third-order valence-electron chi connectivity index (χ3n) is 5.35. The summed E-state index contributed by atoms with van der Waals surface area (Å²) in [6, 6.07) is 4.59. The number of fused-ring (bicyclic) bond motifs is 1. The molecule has 5 nitrogen and oxygen atoms in total. The number of likely N-dealkylation sites (tertiary alicyclic amines) is 2. The van der Waals surface area contributed by atoms with Crippen molar-refractivity contribution < 1.29 is 9.15 Å². The number of morpholine rings is 1. The number of furan rings is 1. The molecule has 0 saturated carbocycles. The number of nitrogens with zero attached hydrogens (tertiary/aromatic N) is 3. The summed E-state index contributed by atoms with van der Waals surface area (Å²) in [6.45, 7) is 10.0. The van der Waals surface area contributed by atoms with Crippen molar-refractivity contribution in [1.29, 1.82) is 0 Å². The molecule has 3 aliphatic rings. The van der Waals surface area contributed by atoms with Gasteiger partial charge in [-0.2, -0.15) is 0 Å². The second kappa shape index (κ2) is 6.71. The SMILES string of the molecule is c1coc(CN2C[C@@H]3OCCN(CCN4CCCC4)[C@@H]3C2)c1. The lowest BCUT2D eigenvalue weighted by atomic mass is 10.1. The molecule has 3 aliphatic heterocycles. The van der Waals surface area contributed by atoms with Gasteiger partial charge < -0.3 is 14.1 Å². The van der Waals surface area contributed by atoms with Gasteiger partial charge in [0.2, 0.25) is 0 Å². The van der Waals surface area contributed by atoms with Gasteiger partial charge in [-0.25, -0.2) is 0 Å². The van der Waals surface area contributed by atoms with Crippen LogP contribution < -0.4 is 0 Å². The van der Waals surface area contributed by atoms with Gasteiger partial charge in [-0.1, -0.05) is 0 Å². The topological polar surface area (TPSA) is 32.1 Å². The highest BCUT2D eigenvalue weighted by Crippen LogP contribution is 2.24. The summed E-state index contributed by atoms with van der Waals surface area (Å²) in [4.78, 5) is 7.75. The molecule has 3 saturated heterocycles. The zero-order chi connectivity index (χ0) is 14.8. The Labute approximate surface area is 132 Å². The largest absolute Gasteiger partial charge is 0.468 e. The summed E-state index contributed by atoms with van der Waals surface area (Å²) in [5.74, 6) is 1.06. The maximum Gasteiger partial charge on any atom is 0.117 e. The molecule has 5 heteroatoms. The molecule has 0 aliphatic carbocycles. The number of hydrogen-bond donors (Lipinski definition) is 0. The monoisotopic (exact) mass is 305 g/mol. The Hall–Kier alpha value is -0.880. The van der Waals surface area contributed by atoms with Crippen LogP contribution in [0.1, 0.15) is 18.6 Å². The Morgan fingerprint density at radius 2 is 1.95 bits per heavy atom. The van der Waals surface area contributed by atoms with E-state index in [0.29, 0.717) is 12.1 Å². The first-order valence-electron chi connectivity index (χ1n) is 8.71. The normalized spacial score (nSPS) is 30.9. The Morgan fingerprint density at radius 3 is 2.77 bits per heavy atom. The summed E-state index contributed by atoms with van der Waals surface area (Å²) < 4.78 is 11.5. The molecule has 0 spiro atoms. The first kappa shape index (κ1) is 14.7. The molecular formula is C17H27N3O2. The van der Waals surface area contributed by atoms with Gasteiger partial charge in [-0.15, -0.1) is 0 Å². The zero-order valence-corrected chi connectivity index (χ0v) is 13.3. The Morgan fingerprint density at radius 1 is 1.05 bits per heavy atom. The minimum Gasteiger partial charge on any atom is -0.468 e. The first-order valence-corrected chi connectivity index (χ1v) is 8.71. The molecule has 3 fully saturated rings. The van der Waals surface area contributed by atoms with E-state index in [1.165, 1.54) is 39.0 Å². The molecule has 0 aromatic carbocycles. The fourth-order valence-corrected chi connectivity index (χ4v) is 4.14. The van der Waals surface area contributed by atoms with E-state index in [4.69, 9.17) is 9.15 Å². The highest BCUT2D eigenvalue weighted by molar-refractivity contribution is 5.01. The van der Waals surface area contributed by atoms with Crippen molar-refractivity contribution >= 4 is 0 Å². The predicted molar refractivity (Wildman–Crippen MR) is 84.8 cm³/mol. The zero-order valence-electron chi connectivity index (χ0n) is 13.3. The van der Waals surface area contributed by atoms with Gasteiger partial charge in [0.25, 0.3) is 0 Å². The van der Waals surface area contributed by atoms with E-state index in [1.54, 1.807) is 6.26 Å². The van der Waals surface area contributed by atoms with E-state index < -0.39 is 0 Å². The average molecular weight is 305 g/mol. The second-order valence-corrected chi connectivity index (χ2v) is 6.83. The number of hydrogen-bond acceptors (Lipinski definition) is 5. The molecule has 4 rings (SSSR count). The Balaban J connectivity index is 1.32. The molecule has 0 N–H and O–H groups in total. The molecule has 0 radical (unpaired) electrons. The minimum atomic E-state index is 0.377. The molecule has 4 heterocycles. The molecule has 1 aromatic heterocycles. The summed E-state index contributed by atoms with van der Waals surface area (Å²) in [5, 5.41) is 0. The van der Waals surface area contributed by atoms with Crippen LogP contribution in [0, 0.1) is 0 Å². The molecule has 0 amide bonds. The summed E-state index contributed by atoms with van der Waals surface area (Å²) in [6.07, 6.45) is 4.90. The van der Waals surface area contributed by atoms with Crippen molar-refractivity contribution in [3.05, 3.63) is 24.2 Å². The van der Waals surface area contributed by atoms with Crippen LogP contribution in [-0.2, 0) is 11.3 Å². The minimum absolute atomic E-state index is 0.377. The molecule has 0 bridgehead atoms. The van der Waals surface area contributed by atoms with Gasteiger partial charge in [0.05, 0.1) is 25.5 Å². The number of ether oxygens (including phenoxy) is 1. The van der Waals surface area contributed by atoms with E-state index in [0.717, 1.165) is 38.5 Å². The van der Waals surface area contributed by atoms with Gasteiger partial charge in [0.15, 0.2) is 0 Å². The quantitative estimate of drug-likeness (QED) is 0.818. The fourth-order valence-electron chi connectivity index (χ4n) is 4.14. The van der Waals surface area contributed by atoms with Crippen LogP contribution in [0.25, 0.3) is 0 Å². The second-order valence-electron chi connectivity index (χ2n) is 6.83. The maximum absolute atomic E-state index is 6.03. The lowest BCUT2D eigenvalue weighted by Gasteiger charge is -2.37. The summed E-state index contributed by atoms with van der Waals surface area (Å²) in [5.41, 5.74) is 0. The molecule has 0 unspecified atom stereocenters. The molecule has 122 valence electrons. The maximum atomic E-state index is 6.03. The third-order valence-corrected chi connectivity index (χ3v) is 5.35. The lowest BCUT2D eigenvalue weighted by molar-refractivity contribution is -0.0488. The van der Waals surface area contributed by atoms with E-state index in [1.807, 2.05) is 6.07 Å². The lowest BCUT2D eigenvalue weighted by Crippen LogP contribution is -2.52. The van der Waals surface area contributed by atoms with Crippen LogP contribution in [0.2, 0.25) is 0 Å². The van der Waals surface area contributed by atoms with Crippen LogP contribution in [0.15, 0.2) is 22.8 Å². The molecule has 22 heavy (non-hydrogen) atoms. The first-order chi connectivity index (χ1) is 10.9. The van der Waals surface area contributed by atoms with Gasteiger partial charge in [0.1, 0.15) is 5.76 Å². The van der Waals surface area contributed by atoms with Crippen LogP contribution in [0.4, 0.5) is 0 Å². The van der Waals surface area contributed by atoms with Crippen molar-refractivity contribution in [3.8, 4) is 0 Å². The highest BCUT2D eigenvalue weighted by atomic mass is 16.5. The third kappa shape index (κ3) is 3.23. The Kier molecular flexibility index (Phi) is 4.48. The molecule has 1 aromatic rings. The molecule has 2 atom stereocenters. The van der Waals surface area contributed by atoms with E-state index in [-0.39, 0.29) is 0 Å².